The average Bonchev–Trinajstić information content (AvgIpc) is 3.10. The van der Waals surface area contributed by atoms with E-state index in [1.807, 2.05) is 18.2 Å². The molecule has 3 rings (SSSR count). The molecule has 0 bridgehead atoms. The number of hydrogen-bond acceptors (Lipinski definition) is 6. The van der Waals surface area contributed by atoms with Gasteiger partial charge in [0.05, 0.1) is 6.42 Å². The molecule has 6 nitrogen and oxygen atoms in total. The summed E-state index contributed by atoms with van der Waals surface area (Å²) in [4.78, 5) is 20.6. The summed E-state index contributed by atoms with van der Waals surface area (Å²) >= 11 is 0. The molecule has 0 aliphatic heterocycles. The Balaban J connectivity index is 1.50. The highest BCUT2D eigenvalue weighted by molar-refractivity contribution is 5.69. The molecule has 1 fully saturated rings. The fraction of sp³-hybridized carbons (Fsp3) is 0.556. The standard InChI is InChI=1S/C18H23N3O3/c1-2-13-7-3-4-9-15(13)23-17(22)11-10-16-20-18(21-24-16)14-8-5-6-12-19-14/h5-6,8,12-13,15H,2-4,7,9-11H2,1H3. The molecule has 2 aromatic heterocycles. The summed E-state index contributed by atoms with van der Waals surface area (Å²) in [7, 11) is 0. The maximum Gasteiger partial charge on any atom is 0.306 e. The van der Waals surface area contributed by atoms with Crippen molar-refractivity contribution in [2.24, 2.45) is 5.92 Å². The Morgan fingerprint density at radius 3 is 3.00 bits per heavy atom. The van der Waals surface area contributed by atoms with Crippen LogP contribution in [-0.2, 0) is 16.0 Å². The number of aryl methyl sites for hydroxylation is 1. The minimum Gasteiger partial charge on any atom is -0.462 e. The monoisotopic (exact) mass is 329 g/mol. The third-order valence-electron chi connectivity index (χ3n) is 4.55. The molecule has 6 heteroatoms. The number of carbonyl (C=O) groups excluding carboxylic acids is 1. The fourth-order valence-corrected chi connectivity index (χ4v) is 3.19. The normalized spacial score (nSPS) is 20.7. The van der Waals surface area contributed by atoms with Gasteiger partial charge >= 0.3 is 5.97 Å². The third-order valence-corrected chi connectivity index (χ3v) is 4.55. The predicted molar refractivity (Wildman–Crippen MR) is 88.0 cm³/mol. The largest absolute Gasteiger partial charge is 0.462 e. The van der Waals surface area contributed by atoms with Crippen molar-refractivity contribution in [2.45, 2.75) is 58.0 Å². The highest BCUT2D eigenvalue weighted by atomic mass is 16.5. The maximum absolute atomic E-state index is 12.1. The Kier molecular flexibility index (Phi) is 5.56. The van der Waals surface area contributed by atoms with Gasteiger partial charge in [0.1, 0.15) is 11.8 Å². The van der Waals surface area contributed by atoms with Crippen LogP contribution in [0.15, 0.2) is 28.9 Å². The zero-order valence-electron chi connectivity index (χ0n) is 14.0. The Morgan fingerprint density at radius 1 is 1.33 bits per heavy atom. The predicted octanol–water partition coefficient (Wildman–Crippen LogP) is 3.58. The van der Waals surface area contributed by atoms with E-state index in [2.05, 4.69) is 22.0 Å². The molecule has 1 saturated carbocycles. The van der Waals surface area contributed by atoms with Gasteiger partial charge in [0, 0.05) is 12.6 Å². The lowest BCUT2D eigenvalue weighted by atomic mass is 9.85. The summed E-state index contributed by atoms with van der Waals surface area (Å²) < 4.78 is 10.9. The second kappa shape index (κ2) is 8.04. The van der Waals surface area contributed by atoms with E-state index in [0.717, 1.165) is 25.7 Å². The van der Waals surface area contributed by atoms with Crippen molar-refractivity contribution in [2.75, 3.05) is 0 Å². The lowest BCUT2D eigenvalue weighted by Crippen LogP contribution is -2.29. The second-order valence-electron chi connectivity index (χ2n) is 6.21. The van der Waals surface area contributed by atoms with E-state index in [1.54, 1.807) is 6.20 Å². The number of esters is 1. The van der Waals surface area contributed by atoms with E-state index in [1.165, 1.54) is 6.42 Å². The highest BCUT2D eigenvalue weighted by Gasteiger charge is 2.27. The molecule has 2 heterocycles. The molecule has 1 aliphatic carbocycles. The molecular formula is C18H23N3O3. The zero-order chi connectivity index (χ0) is 16.8. The smallest absolute Gasteiger partial charge is 0.306 e. The van der Waals surface area contributed by atoms with Crippen molar-refractivity contribution >= 4 is 5.97 Å². The van der Waals surface area contributed by atoms with E-state index in [4.69, 9.17) is 9.26 Å². The Morgan fingerprint density at radius 2 is 2.21 bits per heavy atom. The van der Waals surface area contributed by atoms with E-state index in [-0.39, 0.29) is 18.5 Å². The number of rotatable bonds is 6. The number of pyridine rings is 1. The third kappa shape index (κ3) is 4.19. The molecule has 128 valence electrons. The SMILES string of the molecule is CCC1CCCCC1OC(=O)CCc1nc(-c2ccccn2)no1. The van der Waals surface area contributed by atoms with Gasteiger partial charge in [-0.3, -0.25) is 9.78 Å². The van der Waals surface area contributed by atoms with Gasteiger partial charge in [0.25, 0.3) is 0 Å². The summed E-state index contributed by atoms with van der Waals surface area (Å²) in [5, 5.41) is 3.90. The van der Waals surface area contributed by atoms with Crippen molar-refractivity contribution < 1.29 is 14.1 Å². The molecule has 0 radical (unpaired) electrons. The summed E-state index contributed by atoms with van der Waals surface area (Å²) in [6.07, 6.45) is 7.99. The van der Waals surface area contributed by atoms with Gasteiger partial charge in [0.15, 0.2) is 0 Å². The van der Waals surface area contributed by atoms with Crippen molar-refractivity contribution in [3.8, 4) is 11.5 Å². The lowest BCUT2D eigenvalue weighted by molar-refractivity contribution is -0.153. The first-order chi connectivity index (χ1) is 11.8. The molecule has 24 heavy (non-hydrogen) atoms. The minimum absolute atomic E-state index is 0.0722. The molecule has 1 aliphatic rings. The van der Waals surface area contributed by atoms with Gasteiger partial charge in [-0.2, -0.15) is 4.98 Å². The van der Waals surface area contributed by atoms with Gasteiger partial charge in [-0.25, -0.2) is 0 Å². The molecule has 0 N–H and O–H groups in total. The van der Waals surface area contributed by atoms with Crippen LogP contribution in [0.2, 0.25) is 0 Å². The molecular weight excluding hydrogens is 306 g/mol. The van der Waals surface area contributed by atoms with Crippen LogP contribution >= 0.6 is 0 Å². The highest BCUT2D eigenvalue weighted by Crippen LogP contribution is 2.29. The van der Waals surface area contributed by atoms with Crippen LogP contribution in [0, 0.1) is 5.92 Å². The lowest BCUT2D eigenvalue weighted by Gasteiger charge is -2.30. The van der Waals surface area contributed by atoms with Gasteiger partial charge in [0.2, 0.25) is 11.7 Å². The van der Waals surface area contributed by atoms with Crippen LogP contribution in [0.5, 0.6) is 0 Å². The first-order valence-corrected chi connectivity index (χ1v) is 8.69. The van der Waals surface area contributed by atoms with E-state index < -0.39 is 0 Å². The van der Waals surface area contributed by atoms with Crippen LogP contribution < -0.4 is 0 Å². The Hall–Kier alpha value is -2.24. The van der Waals surface area contributed by atoms with E-state index in [9.17, 15) is 4.79 Å². The number of carbonyl (C=O) groups is 1. The minimum atomic E-state index is -0.182. The van der Waals surface area contributed by atoms with Crippen LogP contribution in [0.4, 0.5) is 0 Å². The quantitative estimate of drug-likeness (QED) is 0.754. The zero-order valence-corrected chi connectivity index (χ0v) is 14.0. The first-order valence-electron chi connectivity index (χ1n) is 8.69. The average molecular weight is 329 g/mol. The maximum atomic E-state index is 12.1. The van der Waals surface area contributed by atoms with E-state index >= 15 is 0 Å². The Bertz CT molecular complexity index is 657. The van der Waals surface area contributed by atoms with Crippen LogP contribution in [0.3, 0.4) is 0 Å². The molecule has 0 amide bonds. The van der Waals surface area contributed by atoms with Crippen molar-refractivity contribution in [3.05, 3.63) is 30.3 Å². The molecule has 0 aromatic carbocycles. The number of ether oxygens (including phenoxy) is 1. The summed E-state index contributed by atoms with van der Waals surface area (Å²) in [6, 6.07) is 5.51. The molecule has 0 saturated heterocycles. The second-order valence-corrected chi connectivity index (χ2v) is 6.21. The van der Waals surface area contributed by atoms with Crippen LogP contribution in [-0.4, -0.2) is 27.2 Å². The Labute approximate surface area is 141 Å². The number of hydrogen-bond donors (Lipinski definition) is 0. The van der Waals surface area contributed by atoms with Gasteiger partial charge < -0.3 is 9.26 Å². The summed E-state index contributed by atoms with van der Waals surface area (Å²) in [5.74, 6) is 1.19. The fourth-order valence-electron chi connectivity index (χ4n) is 3.19. The topological polar surface area (TPSA) is 78.1 Å². The van der Waals surface area contributed by atoms with Crippen molar-refractivity contribution in [1.82, 2.24) is 15.1 Å². The molecule has 0 spiro atoms. The number of aromatic nitrogens is 3. The van der Waals surface area contributed by atoms with Crippen molar-refractivity contribution in [1.29, 1.82) is 0 Å². The van der Waals surface area contributed by atoms with E-state index in [0.29, 0.717) is 29.7 Å². The number of nitrogens with zero attached hydrogens (tertiary/aromatic N) is 3. The summed E-state index contributed by atoms with van der Waals surface area (Å²) in [5.41, 5.74) is 0.656. The van der Waals surface area contributed by atoms with Crippen molar-refractivity contribution in [3.63, 3.8) is 0 Å². The molecule has 2 atom stereocenters. The molecule has 2 unspecified atom stereocenters. The van der Waals surface area contributed by atoms with Crippen LogP contribution in [0.1, 0.15) is 51.3 Å². The first kappa shape index (κ1) is 16.6. The van der Waals surface area contributed by atoms with Crippen LogP contribution in [0.25, 0.3) is 11.5 Å². The van der Waals surface area contributed by atoms with Gasteiger partial charge in [-0.05, 0) is 43.7 Å². The summed E-state index contributed by atoms with van der Waals surface area (Å²) in [6.45, 7) is 2.16. The van der Waals surface area contributed by atoms with Gasteiger partial charge in [-0.15, -0.1) is 0 Å². The molecule has 2 aromatic rings. The van der Waals surface area contributed by atoms with Gasteiger partial charge in [-0.1, -0.05) is 24.6 Å².